The predicted octanol–water partition coefficient (Wildman–Crippen LogP) is 3.16. The van der Waals surface area contributed by atoms with Crippen molar-refractivity contribution in [3.8, 4) is 28.7 Å². The molecule has 8 heteroatoms. The Labute approximate surface area is 193 Å². The number of carbonyl (C=O) groups is 1. The molecule has 33 heavy (non-hydrogen) atoms. The van der Waals surface area contributed by atoms with E-state index < -0.39 is 28.1 Å². The van der Waals surface area contributed by atoms with E-state index in [2.05, 4.69) is 16.6 Å². The average Bonchev–Trinajstić information content (AvgIpc) is 2.84. The maximum atomic E-state index is 12.9. The van der Waals surface area contributed by atoms with Gasteiger partial charge >= 0.3 is 5.97 Å². The van der Waals surface area contributed by atoms with Crippen molar-refractivity contribution in [2.45, 2.75) is 17.0 Å². The lowest BCUT2D eigenvalue weighted by Crippen LogP contribution is -2.48. The van der Waals surface area contributed by atoms with E-state index >= 15 is 0 Å². The number of carboxylic acids is 1. The maximum absolute atomic E-state index is 12.9. The van der Waals surface area contributed by atoms with Gasteiger partial charge < -0.3 is 14.6 Å². The van der Waals surface area contributed by atoms with Crippen LogP contribution in [0.15, 0.2) is 83.8 Å². The molecule has 0 spiro atoms. The standard InChI is InChI=1S/C25H23NO6S/c1-31-21-13-9-19(10-14-21)20-11-15-22(16-12-20)33(29,30)26-24(25(27)28)23(32-2)17-8-18-6-4-3-5-7-18/h3-7,9-16,23-24,26H,1-2H3,(H,27,28)/t23-,24-/m1/s1. The summed E-state index contributed by atoms with van der Waals surface area (Å²) in [5, 5.41) is 9.63. The molecule has 0 saturated carbocycles. The van der Waals surface area contributed by atoms with Gasteiger partial charge in [0.15, 0.2) is 6.04 Å². The Hall–Kier alpha value is -3.64. The summed E-state index contributed by atoms with van der Waals surface area (Å²) in [6, 6.07) is 20.8. The van der Waals surface area contributed by atoms with Crippen molar-refractivity contribution >= 4 is 16.0 Å². The summed E-state index contributed by atoms with van der Waals surface area (Å²) in [6.07, 6.45) is -1.20. The lowest BCUT2D eigenvalue weighted by atomic mass is 10.1. The van der Waals surface area contributed by atoms with E-state index in [9.17, 15) is 18.3 Å². The first kappa shape index (κ1) is 24.0. The summed E-state index contributed by atoms with van der Waals surface area (Å²) < 4.78 is 38.3. The number of carboxylic acid groups (broad SMARTS) is 1. The SMILES string of the molecule is COc1ccc(-c2ccc(S(=O)(=O)N[C@@H](C(=O)O)[C@@H](C#Cc3ccccc3)OC)cc2)cc1. The largest absolute Gasteiger partial charge is 0.497 e. The van der Waals surface area contributed by atoms with E-state index in [1.54, 1.807) is 55.6 Å². The number of hydrogen-bond acceptors (Lipinski definition) is 5. The summed E-state index contributed by atoms with van der Waals surface area (Å²) in [5.41, 5.74) is 2.34. The fraction of sp³-hybridized carbons (Fsp3) is 0.160. The number of aliphatic carboxylic acids is 1. The number of nitrogens with one attached hydrogen (secondary N) is 1. The van der Waals surface area contributed by atoms with Gasteiger partial charge in [0.1, 0.15) is 11.9 Å². The summed E-state index contributed by atoms with van der Waals surface area (Å²) in [7, 11) is -1.30. The molecule has 0 aromatic heterocycles. The summed E-state index contributed by atoms with van der Waals surface area (Å²) in [4.78, 5) is 11.8. The lowest BCUT2D eigenvalue weighted by Gasteiger charge is -2.19. The van der Waals surface area contributed by atoms with Gasteiger partial charge in [-0.25, -0.2) is 8.42 Å². The van der Waals surface area contributed by atoms with Crippen LogP contribution in [0.25, 0.3) is 11.1 Å². The Morgan fingerprint density at radius 2 is 1.48 bits per heavy atom. The monoisotopic (exact) mass is 465 g/mol. The first-order chi connectivity index (χ1) is 15.8. The van der Waals surface area contributed by atoms with Gasteiger partial charge in [-0.05, 0) is 47.5 Å². The number of methoxy groups -OCH3 is 2. The van der Waals surface area contributed by atoms with Gasteiger partial charge in [-0.3, -0.25) is 4.79 Å². The Balaban J connectivity index is 1.81. The zero-order valence-electron chi connectivity index (χ0n) is 18.1. The van der Waals surface area contributed by atoms with Crippen LogP contribution in [0, 0.1) is 11.8 Å². The molecule has 3 aromatic rings. The van der Waals surface area contributed by atoms with E-state index in [-0.39, 0.29) is 4.90 Å². The first-order valence-electron chi connectivity index (χ1n) is 9.93. The van der Waals surface area contributed by atoms with Crippen molar-refractivity contribution in [3.05, 3.63) is 84.4 Å². The third kappa shape index (κ3) is 6.20. The van der Waals surface area contributed by atoms with Gasteiger partial charge in [-0.2, -0.15) is 4.72 Å². The molecular formula is C25H23NO6S. The predicted molar refractivity (Wildman–Crippen MR) is 124 cm³/mol. The lowest BCUT2D eigenvalue weighted by molar-refractivity contribution is -0.141. The van der Waals surface area contributed by atoms with Crippen molar-refractivity contribution in [2.75, 3.05) is 14.2 Å². The average molecular weight is 466 g/mol. The minimum Gasteiger partial charge on any atom is -0.497 e. The molecule has 0 aliphatic rings. The highest BCUT2D eigenvalue weighted by atomic mass is 32.2. The van der Waals surface area contributed by atoms with Crippen LogP contribution in [0.5, 0.6) is 5.75 Å². The summed E-state index contributed by atoms with van der Waals surface area (Å²) in [5.74, 6) is 4.81. The quantitative estimate of drug-likeness (QED) is 0.496. The van der Waals surface area contributed by atoms with Crippen LogP contribution in [0.4, 0.5) is 0 Å². The number of hydrogen-bond donors (Lipinski definition) is 2. The van der Waals surface area contributed by atoms with Crippen LogP contribution in [0.1, 0.15) is 5.56 Å². The molecule has 170 valence electrons. The number of benzene rings is 3. The van der Waals surface area contributed by atoms with Crippen LogP contribution >= 0.6 is 0 Å². The van der Waals surface area contributed by atoms with Crippen LogP contribution in [0.2, 0.25) is 0 Å². The smallest absolute Gasteiger partial charge is 0.325 e. The highest BCUT2D eigenvalue weighted by molar-refractivity contribution is 7.89. The molecule has 0 radical (unpaired) electrons. The summed E-state index contributed by atoms with van der Waals surface area (Å²) >= 11 is 0. The molecule has 0 unspecified atom stereocenters. The van der Waals surface area contributed by atoms with Crippen molar-refractivity contribution in [2.24, 2.45) is 0 Å². The third-order valence-corrected chi connectivity index (χ3v) is 6.28. The number of sulfonamides is 1. The molecule has 0 aliphatic carbocycles. The molecular weight excluding hydrogens is 442 g/mol. The van der Waals surface area contributed by atoms with E-state index in [0.717, 1.165) is 11.1 Å². The van der Waals surface area contributed by atoms with E-state index in [1.807, 2.05) is 18.2 Å². The van der Waals surface area contributed by atoms with E-state index in [4.69, 9.17) is 9.47 Å². The van der Waals surface area contributed by atoms with Crippen LogP contribution in [-0.2, 0) is 19.6 Å². The van der Waals surface area contributed by atoms with Gasteiger partial charge in [0.25, 0.3) is 0 Å². The second-order valence-corrected chi connectivity index (χ2v) is 8.70. The fourth-order valence-corrected chi connectivity index (χ4v) is 4.23. The molecule has 0 heterocycles. The second-order valence-electron chi connectivity index (χ2n) is 6.98. The highest BCUT2D eigenvalue weighted by Gasteiger charge is 2.32. The molecule has 7 nitrogen and oxygen atoms in total. The van der Waals surface area contributed by atoms with Crippen molar-refractivity contribution in [1.82, 2.24) is 4.72 Å². The molecule has 2 atom stereocenters. The van der Waals surface area contributed by atoms with Crippen molar-refractivity contribution in [3.63, 3.8) is 0 Å². The zero-order valence-corrected chi connectivity index (χ0v) is 18.9. The topological polar surface area (TPSA) is 102 Å². The Bertz CT molecular complexity index is 1240. The van der Waals surface area contributed by atoms with Crippen LogP contribution < -0.4 is 9.46 Å². The fourth-order valence-electron chi connectivity index (χ4n) is 3.04. The van der Waals surface area contributed by atoms with E-state index in [0.29, 0.717) is 11.3 Å². The maximum Gasteiger partial charge on any atom is 0.325 e. The zero-order chi connectivity index (χ0) is 23.8. The molecule has 0 fully saturated rings. The Morgan fingerprint density at radius 1 is 0.909 bits per heavy atom. The van der Waals surface area contributed by atoms with Crippen molar-refractivity contribution < 1.29 is 27.8 Å². The molecule has 0 bridgehead atoms. The minimum atomic E-state index is -4.15. The van der Waals surface area contributed by atoms with Gasteiger partial charge in [0.05, 0.1) is 12.0 Å². The molecule has 0 aliphatic heterocycles. The molecule has 3 aromatic carbocycles. The molecule has 0 amide bonds. The van der Waals surface area contributed by atoms with Crippen LogP contribution in [-0.4, -0.2) is 45.9 Å². The molecule has 2 N–H and O–H groups in total. The first-order valence-corrected chi connectivity index (χ1v) is 11.4. The van der Waals surface area contributed by atoms with Gasteiger partial charge in [-0.1, -0.05) is 54.3 Å². The second kappa shape index (κ2) is 10.8. The molecule has 0 saturated heterocycles. The third-order valence-electron chi connectivity index (χ3n) is 4.83. The Kier molecular flexibility index (Phi) is 7.85. The van der Waals surface area contributed by atoms with Gasteiger partial charge in [0, 0.05) is 12.7 Å². The van der Waals surface area contributed by atoms with Gasteiger partial charge in [0.2, 0.25) is 10.0 Å². The number of ether oxygens (including phenoxy) is 2. The highest BCUT2D eigenvalue weighted by Crippen LogP contribution is 2.24. The summed E-state index contributed by atoms with van der Waals surface area (Å²) in [6.45, 7) is 0. The Morgan fingerprint density at radius 3 is 2.00 bits per heavy atom. The van der Waals surface area contributed by atoms with E-state index in [1.165, 1.54) is 19.2 Å². The normalized spacial score (nSPS) is 12.8. The molecule has 3 rings (SSSR count). The van der Waals surface area contributed by atoms with Crippen molar-refractivity contribution in [1.29, 1.82) is 0 Å². The number of rotatable bonds is 8. The van der Waals surface area contributed by atoms with Crippen LogP contribution in [0.3, 0.4) is 0 Å². The van der Waals surface area contributed by atoms with Gasteiger partial charge in [-0.15, -0.1) is 0 Å². The minimum absolute atomic E-state index is 0.0723.